The molecule has 1 rings (SSSR count). The number of carbonyl (C=O) groups excluding carboxylic acids is 1. The Balaban J connectivity index is 2.53. The molecule has 0 aliphatic rings. The summed E-state index contributed by atoms with van der Waals surface area (Å²) in [7, 11) is 0. The molecule has 1 aromatic rings. The normalized spacial score (nSPS) is 12.0. The average molecular weight is 254 g/mol. The van der Waals surface area contributed by atoms with Crippen molar-refractivity contribution >= 4 is 5.91 Å². The molecule has 0 spiro atoms. The molecule has 18 heavy (non-hydrogen) atoms. The zero-order valence-electron chi connectivity index (χ0n) is 10.7. The van der Waals surface area contributed by atoms with Gasteiger partial charge in [-0.1, -0.05) is 6.07 Å². The molecule has 0 aliphatic heterocycles. The van der Waals surface area contributed by atoms with E-state index in [0.29, 0.717) is 12.2 Å². The number of nitrogens with one attached hydrogen (secondary N) is 1. The van der Waals surface area contributed by atoms with Crippen LogP contribution < -0.4 is 15.8 Å². The number of hydrogen-bond acceptors (Lipinski definition) is 3. The number of amides is 1. The lowest BCUT2D eigenvalue weighted by Crippen LogP contribution is -2.29. The Kier molecular flexibility index (Phi) is 5.58. The van der Waals surface area contributed by atoms with Crippen LogP contribution in [-0.2, 0) is 11.3 Å². The lowest BCUT2D eigenvalue weighted by molar-refractivity contribution is -0.121. The second-order valence-corrected chi connectivity index (χ2v) is 4.16. The Labute approximate surface area is 106 Å². The second kappa shape index (κ2) is 6.96. The maximum Gasteiger partial charge on any atom is 0.221 e. The van der Waals surface area contributed by atoms with Crippen LogP contribution in [0.3, 0.4) is 0 Å². The third-order valence-electron chi connectivity index (χ3n) is 2.29. The molecular formula is C13H19FN2O2. The van der Waals surface area contributed by atoms with Crippen molar-refractivity contribution in [3.05, 3.63) is 29.6 Å². The van der Waals surface area contributed by atoms with E-state index in [1.165, 1.54) is 6.07 Å². The van der Waals surface area contributed by atoms with Gasteiger partial charge in [0.15, 0.2) is 11.6 Å². The number of nitrogens with two attached hydrogens (primary N) is 1. The molecule has 0 saturated carbocycles. The molecule has 1 atom stereocenters. The fourth-order valence-corrected chi connectivity index (χ4v) is 1.49. The standard InChI is InChI=1S/C13H19FN2O2/c1-3-18-12-5-4-10(7-11(12)14)8-16-13(17)6-9(2)15/h4-5,7,9H,3,6,8,15H2,1-2H3,(H,16,17). The van der Waals surface area contributed by atoms with Crippen molar-refractivity contribution in [2.24, 2.45) is 5.73 Å². The Bertz CT molecular complexity index is 408. The van der Waals surface area contributed by atoms with Crippen molar-refractivity contribution in [2.45, 2.75) is 32.9 Å². The van der Waals surface area contributed by atoms with Crippen LogP contribution in [0.15, 0.2) is 18.2 Å². The Morgan fingerprint density at radius 1 is 1.56 bits per heavy atom. The molecule has 1 unspecified atom stereocenters. The van der Waals surface area contributed by atoms with Crippen molar-refractivity contribution in [1.29, 1.82) is 0 Å². The molecule has 0 heterocycles. The zero-order chi connectivity index (χ0) is 13.5. The first-order valence-electron chi connectivity index (χ1n) is 5.96. The van der Waals surface area contributed by atoms with E-state index in [-0.39, 0.29) is 30.7 Å². The Morgan fingerprint density at radius 2 is 2.28 bits per heavy atom. The van der Waals surface area contributed by atoms with Gasteiger partial charge in [-0.15, -0.1) is 0 Å². The lowest BCUT2D eigenvalue weighted by atomic mass is 10.2. The van der Waals surface area contributed by atoms with Gasteiger partial charge in [0.1, 0.15) is 0 Å². The molecule has 3 N–H and O–H groups in total. The quantitative estimate of drug-likeness (QED) is 0.810. The molecule has 0 aliphatic carbocycles. The summed E-state index contributed by atoms with van der Waals surface area (Å²) in [5.41, 5.74) is 6.19. The first kappa shape index (κ1) is 14.4. The molecule has 0 aromatic heterocycles. The molecule has 0 bridgehead atoms. The van der Waals surface area contributed by atoms with Gasteiger partial charge in [0.2, 0.25) is 5.91 Å². The van der Waals surface area contributed by atoms with Crippen molar-refractivity contribution in [3.8, 4) is 5.75 Å². The van der Waals surface area contributed by atoms with Gasteiger partial charge in [-0.3, -0.25) is 4.79 Å². The fraction of sp³-hybridized carbons (Fsp3) is 0.462. The molecule has 0 saturated heterocycles. The number of benzene rings is 1. The number of halogens is 1. The average Bonchev–Trinajstić information content (AvgIpc) is 2.29. The summed E-state index contributed by atoms with van der Waals surface area (Å²) in [5.74, 6) is -0.335. The highest BCUT2D eigenvalue weighted by atomic mass is 19.1. The van der Waals surface area contributed by atoms with Crippen LogP contribution in [0.4, 0.5) is 4.39 Å². The third kappa shape index (κ3) is 4.71. The predicted octanol–water partition coefficient (Wildman–Crippen LogP) is 1.58. The minimum Gasteiger partial charge on any atom is -0.491 e. The summed E-state index contributed by atoms with van der Waals surface area (Å²) in [5, 5.41) is 2.68. The van der Waals surface area contributed by atoms with Crippen LogP contribution >= 0.6 is 0 Å². The van der Waals surface area contributed by atoms with Gasteiger partial charge in [0, 0.05) is 19.0 Å². The molecule has 0 radical (unpaired) electrons. The van der Waals surface area contributed by atoms with Crippen molar-refractivity contribution in [2.75, 3.05) is 6.61 Å². The zero-order valence-corrected chi connectivity index (χ0v) is 10.7. The van der Waals surface area contributed by atoms with Crippen LogP contribution in [0.5, 0.6) is 5.75 Å². The fourth-order valence-electron chi connectivity index (χ4n) is 1.49. The van der Waals surface area contributed by atoms with Gasteiger partial charge < -0.3 is 15.8 Å². The largest absolute Gasteiger partial charge is 0.491 e. The van der Waals surface area contributed by atoms with Crippen LogP contribution in [0.25, 0.3) is 0 Å². The van der Waals surface area contributed by atoms with Gasteiger partial charge in [0.25, 0.3) is 0 Å². The van der Waals surface area contributed by atoms with Gasteiger partial charge in [-0.05, 0) is 31.5 Å². The minimum absolute atomic E-state index is 0.140. The minimum atomic E-state index is -0.421. The molecule has 100 valence electrons. The summed E-state index contributed by atoms with van der Waals surface area (Å²) in [6, 6.07) is 4.46. The van der Waals surface area contributed by atoms with E-state index < -0.39 is 5.82 Å². The van der Waals surface area contributed by atoms with Crippen molar-refractivity contribution in [1.82, 2.24) is 5.32 Å². The SMILES string of the molecule is CCOc1ccc(CNC(=O)CC(C)N)cc1F. The highest BCUT2D eigenvalue weighted by Gasteiger charge is 2.07. The smallest absolute Gasteiger partial charge is 0.221 e. The summed E-state index contributed by atoms with van der Waals surface area (Å²) in [4.78, 5) is 11.4. The molecule has 4 nitrogen and oxygen atoms in total. The van der Waals surface area contributed by atoms with E-state index in [1.54, 1.807) is 26.0 Å². The lowest BCUT2D eigenvalue weighted by Gasteiger charge is -2.09. The van der Waals surface area contributed by atoms with E-state index in [1.807, 2.05) is 0 Å². The summed E-state index contributed by atoms with van der Waals surface area (Å²) in [6.45, 7) is 4.26. The highest BCUT2D eigenvalue weighted by molar-refractivity contribution is 5.76. The summed E-state index contributed by atoms with van der Waals surface area (Å²) >= 11 is 0. The molecular weight excluding hydrogens is 235 g/mol. The van der Waals surface area contributed by atoms with Crippen LogP contribution in [0.2, 0.25) is 0 Å². The summed E-state index contributed by atoms with van der Waals surface area (Å²) < 4.78 is 18.6. The van der Waals surface area contributed by atoms with Crippen LogP contribution in [-0.4, -0.2) is 18.6 Å². The molecule has 1 amide bonds. The number of rotatable bonds is 6. The van der Waals surface area contributed by atoms with Gasteiger partial charge >= 0.3 is 0 Å². The molecule has 1 aromatic carbocycles. The maximum absolute atomic E-state index is 13.5. The van der Waals surface area contributed by atoms with Crippen molar-refractivity contribution < 1.29 is 13.9 Å². The third-order valence-corrected chi connectivity index (χ3v) is 2.29. The highest BCUT2D eigenvalue weighted by Crippen LogP contribution is 2.18. The van der Waals surface area contributed by atoms with E-state index >= 15 is 0 Å². The number of carbonyl (C=O) groups is 1. The molecule has 5 heteroatoms. The van der Waals surface area contributed by atoms with Gasteiger partial charge in [-0.2, -0.15) is 0 Å². The van der Waals surface area contributed by atoms with Crippen molar-refractivity contribution in [3.63, 3.8) is 0 Å². The summed E-state index contributed by atoms with van der Waals surface area (Å²) in [6.07, 6.45) is 0.263. The first-order chi connectivity index (χ1) is 8.52. The Morgan fingerprint density at radius 3 is 2.83 bits per heavy atom. The predicted molar refractivity (Wildman–Crippen MR) is 67.7 cm³/mol. The Hall–Kier alpha value is -1.62. The van der Waals surface area contributed by atoms with E-state index in [2.05, 4.69) is 5.32 Å². The van der Waals surface area contributed by atoms with Gasteiger partial charge in [-0.25, -0.2) is 4.39 Å². The van der Waals surface area contributed by atoms with Crippen LogP contribution in [0, 0.1) is 5.82 Å². The maximum atomic E-state index is 13.5. The first-order valence-corrected chi connectivity index (χ1v) is 5.96. The molecule has 0 fully saturated rings. The van der Waals surface area contributed by atoms with E-state index in [4.69, 9.17) is 10.5 Å². The number of ether oxygens (including phenoxy) is 1. The van der Waals surface area contributed by atoms with Crippen LogP contribution in [0.1, 0.15) is 25.8 Å². The second-order valence-electron chi connectivity index (χ2n) is 4.16. The van der Waals surface area contributed by atoms with Gasteiger partial charge in [0.05, 0.1) is 6.61 Å². The topological polar surface area (TPSA) is 64.3 Å². The van der Waals surface area contributed by atoms with E-state index in [9.17, 15) is 9.18 Å². The number of hydrogen-bond donors (Lipinski definition) is 2. The monoisotopic (exact) mass is 254 g/mol. The van der Waals surface area contributed by atoms with E-state index in [0.717, 1.165) is 0 Å².